The third-order valence-electron chi connectivity index (χ3n) is 5.88. The molecule has 0 spiro atoms. The van der Waals surface area contributed by atoms with Crippen molar-refractivity contribution in [2.24, 2.45) is 0 Å². The van der Waals surface area contributed by atoms with E-state index in [1.54, 1.807) is 24.3 Å². The maximum atomic E-state index is 13.5. The maximum Gasteiger partial charge on any atom is 0.279 e. The Kier molecular flexibility index (Phi) is 5.05. The molecule has 7 nitrogen and oxygen atoms in total. The van der Waals surface area contributed by atoms with Gasteiger partial charge in [-0.1, -0.05) is 24.3 Å². The summed E-state index contributed by atoms with van der Waals surface area (Å²) in [6, 6.07) is 16.9. The molecule has 1 aliphatic heterocycles. The lowest BCUT2D eigenvalue weighted by Crippen LogP contribution is -2.42. The van der Waals surface area contributed by atoms with Gasteiger partial charge in [-0.15, -0.1) is 0 Å². The summed E-state index contributed by atoms with van der Waals surface area (Å²) in [7, 11) is 0. The molecule has 0 aliphatic carbocycles. The average Bonchev–Trinajstić information content (AvgIpc) is 3.23. The van der Waals surface area contributed by atoms with Gasteiger partial charge in [0, 0.05) is 12.0 Å². The summed E-state index contributed by atoms with van der Waals surface area (Å²) < 4.78 is 20.6. The van der Waals surface area contributed by atoms with E-state index < -0.39 is 12.0 Å². The Labute approximate surface area is 188 Å². The normalized spacial score (nSPS) is 14.6. The van der Waals surface area contributed by atoms with Crippen LogP contribution in [0.3, 0.4) is 0 Å². The summed E-state index contributed by atoms with van der Waals surface area (Å²) in [6.07, 6.45) is -0.578. The highest BCUT2D eigenvalue weighted by Gasteiger charge is 2.29. The highest BCUT2D eigenvalue weighted by Crippen LogP contribution is 2.29. The van der Waals surface area contributed by atoms with Gasteiger partial charge in [0.1, 0.15) is 11.6 Å². The lowest BCUT2D eigenvalue weighted by Gasteiger charge is -2.18. The Hall–Kier alpha value is -4.20. The number of rotatable bonds is 4. The van der Waals surface area contributed by atoms with Crippen LogP contribution in [0.1, 0.15) is 16.7 Å². The predicted octanol–water partition coefficient (Wildman–Crippen LogP) is 3.59. The van der Waals surface area contributed by atoms with Crippen LogP contribution in [0.5, 0.6) is 5.75 Å². The van der Waals surface area contributed by atoms with Gasteiger partial charge in [-0.3, -0.25) is 20.4 Å². The van der Waals surface area contributed by atoms with Crippen molar-refractivity contribution in [1.29, 1.82) is 0 Å². The van der Waals surface area contributed by atoms with Crippen LogP contribution in [0.4, 0.5) is 10.3 Å². The van der Waals surface area contributed by atoms with Crippen LogP contribution in [-0.2, 0) is 11.2 Å². The van der Waals surface area contributed by atoms with E-state index in [2.05, 4.69) is 15.8 Å². The summed E-state index contributed by atoms with van der Waals surface area (Å²) in [4.78, 5) is 30.8. The number of benzene rings is 3. The van der Waals surface area contributed by atoms with Crippen molar-refractivity contribution in [3.8, 4) is 11.4 Å². The number of amides is 1. The second-order valence-electron chi connectivity index (χ2n) is 7.99. The van der Waals surface area contributed by atoms with Crippen LogP contribution in [-0.4, -0.2) is 21.6 Å². The number of carbonyl (C=O) groups excluding carboxylic acids is 1. The minimum atomic E-state index is -0.823. The number of hydrazine groups is 1. The molecular weight excluding hydrogens is 423 g/mol. The number of anilines is 1. The molecule has 1 aromatic heterocycles. The molecular formula is C25H21FN4O3. The van der Waals surface area contributed by atoms with Crippen molar-refractivity contribution in [2.75, 3.05) is 5.43 Å². The number of fused-ring (bicyclic) bond motifs is 2. The summed E-state index contributed by atoms with van der Waals surface area (Å²) in [6.45, 7) is 3.89. The summed E-state index contributed by atoms with van der Waals surface area (Å²) in [5.74, 6) is -0.189. The largest absolute Gasteiger partial charge is 0.480 e. The van der Waals surface area contributed by atoms with E-state index in [1.165, 1.54) is 22.8 Å². The van der Waals surface area contributed by atoms with E-state index >= 15 is 0 Å². The molecule has 1 amide bonds. The highest BCUT2D eigenvalue weighted by atomic mass is 19.1. The number of hydrogen-bond donors (Lipinski definition) is 2. The number of aromatic nitrogens is 2. The average molecular weight is 444 g/mol. The summed E-state index contributed by atoms with van der Waals surface area (Å²) in [5, 5.41) is 0.465. The number of para-hydroxylation sites is 1. The van der Waals surface area contributed by atoms with Gasteiger partial charge in [0.2, 0.25) is 5.95 Å². The molecule has 5 rings (SSSR count). The molecule has 0 saturated carbocycles. The minimum absolute atomic E-state index is 0.169. The lowest BCUT2D eigenvalue weighted by molar-refractivity contribution is -0.126. The molecule has 0 bridgehead atoms. The topological polar surface area (TPSA) is 85.2 Å². The highest BCUT2D eigenvalue weighted by molar-refractivity contribution is 5.84. The molecule has 0 radical (unpaired) electrons. The lowest BCUT2D eigenvalue weighted by atomic mass is 10.1. The van der Waals surface area contributed by atoms with E-state index in [4.69, 9.17) is 4.74 Å². The van der Waals surface area contributed by atoms with Crippen LogP contribution in [0.25, 0.3) is 16.6 Å². The molecule has 2 N–H and O–H groups in total. The summed E-state index contributed by atoms with van der Waals surface area (Å²) >= 11 is 0. The van der Waals surface area contributed by atoms with Gasteiger partial charge in [0.05, 0.1) is 16.6 Å². The number of nitrogens with one attached hydrogen (secondary N) is 2. The Balaban J connectivity index is 1.48. The van der Waals surface area contributed by atoms with E-state index in [9.17, 15) is 14.0 Å². The Bertz CT molecular complexity index is 1460. The monoisotopic (exact) mass is 444 g/mol. The molecule has 0 saturated heterocycles. The number of halogens is 1. The minimum Gasteiger partial charge on any atom is -0.480 e. The molecule has 166 valence electrons. The van der Waals surface area contributed by atoms with Gasteiger partial charge >= 0.3 is 0 Å². The van der Waals surface area contributed by atoms with Crippen LogP contribution in [0.15, 0.2) is 65.5 Å². The second kappa shape index (κ2) is 8.05. The SMILES string of the molecule is Cc1cccc(-n2c(NNC(=O)C3Cc4cc(F)ccc4O3)nc3ccccc3c2=O)c1C. The van der Waals surface area contributed by atoms with E-state index in [-0.39, 0.29) is 23.7 Å². The molecule has 1 atom stereocenters. The van der Waals surface area contributed by atoms with Gasteiger partial charge in [-0.25, -0.2) is 13.9 Å². The number of nitrogens with zero attached hydrogens (tertiary/aromatic N) is 2. The molecule has 0 fully saturated rings. The van der Waals surface area contributed by atoms with Crippen LogP contribution in [0, 0.1) is 19.7 Å². The maximum absolute atomic E-state index is 13.5. The summed E-state index contributed by atoms with van der Waals surface area (Å²) in [5.41, 5.74) is 8.88. The number of ether oxygens (including phenoxy) is 1. The van der Waals surface area contributed by atoms with Crippen LogP contribution < -0.4 is 21.1 Å². The van der Waals surface area contributed by atoms with Crippen LogP contribution in [0.2, 0.25) is 0 Å². The molecule has 4 aromatic rings. The zero-order chi connectivity index (χ0) is 23.1. The molecule has 1 unspecified atom stereocenters. The first-order valence-corrected chi connectivity index (χ1v) is 10.5. The first-order chi connectivity index (χ1) is 15.9. The fourth-order valence-corrected chi connectivity index (χ4v) is 3.98. The van der Waals surface area contributed by atoms with Crippen molar-refractivity contribution < 1.29 is 13.9 Å². The van der Waals surface area contributed by atoms with Gasteiger partial charge in [-0.05, 0) is 61.4 Å². The number of hydrogen-bond acceptors (Lipinski definition) is 5. The van der Waals surface area contributed by atoms with Crippen molar-refractivity contribution in [2.45, 2.75) is 26.4 Å². The molecule has 1 aliphatic rings. The zero-order valence-electron chi connectivity index (χ0n) is 18.1. The van der Waals surface area contributed by atoms with E-state index in [1.807, 2.05) is 32.0 Å². The smallest absolute Gasteiger partial charge is 0.279 e. The fraction of sp³-hybridized carbons (Fsp3) is 0.160. The fourth-order valence-electron chi connectivity index (χ4n) is 3.98. The molecule has 8 heteroatoms. The standard InChI is InChI=1S/C25H21FN4O3/c1-14-6-5-9-20(15(14)2)30-24(32)18-7-3-4-8-19(18)27-25(30)29-28-23(31)22-13-16-12-17(26)10-11-21(16)33-22/h3-12,22H,13H2,1-2H3,(H,27,29)(H,28,31). The second-order valence-corrected chi connectivity index (χ2v) is 7.99. The predicted molar refractivity (Wildman–Crippen MR) is 123 cm³/mol. The van der Waals surface area contributed by atoms with Gasteiger partial charge in [0.15, 0.2) is 6.10 Å². The third-order valence-corrected chi connectivity index (χ3v) is 5.88. The molecule has 2 heterocycles. The van der Waals surface area contributed by atoms with Crippen molar-refractivity contribution in [3.05, 3.63) is 93.5 Å². The zero-order valence-corrected chi connectivity index (χ0v) is 18.1. The van der Waals surface area contributed by atoms with Crippen molar-refractivity contribution in [1.82, 2.24) is 15.0 Å². The van der Waals surface area contributed by atoms with Gasteiger partial charge in [0.25, 0.3) is 11.5 Å². The van der Waals surface area contributed by atoms with Crippen molar-refractivity contribution in [3.63, 3.8) is 0 Å². The van der Waals surface area contributed by atoms with Crippen LogP contribution >= 0.6 is 0 Å². The Morgan fingerprint density at radius 3 is 2.79 bits per heavy atom. The first kappa shape index (κ1) is 20.7. The number of carbonyl (C=O) groups is 1. The van der Waals surface area contributed by atoms with Gasteiger partial charge < -0.3 is 4.74 Å². The first-order valence-electron chi connectivity index (χ1n) is 10.5. The molecule has 3 aromatic carbocycles. The Morgan fingerprint density at radius 1 is 1.12 bits per heavy atom. The van der Waals surface area contributed by atoms with Gasteiger partial charge in [-0.2, -0.15) is 0 Å². The number of aryl methyl sites for hydroxylation is 1. The quantitative estimate of drug-likeness (QED) is 0.470. The molecule has 33 heavy (non-hydrogen) atoms. The Morgan fingerprint density at radius 2 is 1.94 bits per heavy atom. The van der Waals surface area contributed by atoms with E-state index in [0.717, 1.165) is 11.1 Å². The van der Waals surface area contributed by atoms with E-state index in [0.29, 0.717) is 27.9 Å². The third kappa shape index (κ3) is 3.69. The van der Waals surface area contributed by atoms with Crippen molar-refractivity contribution >= 4 is 22.8 Å².